The SMILES string of the molecule is CC[C@H](O)[C@@H]1CCCC/C1=C/[S@](=O)(=NC)c1ccccc1. The summed E-state index contributed by atoms with van der Waals surface area (Å²) in [7, 11) is -0.916. The van der Waals surface area contributed by atoms with Crippen LogP contribution in [0.1, 0.15) is 39.0 Å². The van der Waals surface area contributed by atoms with Crippen LogP contribution in [0.4, 0.5) is 0 Å². The van der Waals surface area contributed by atoms with Crippen molar-refractivity contribution in [3.05, 3.63) is 41.3 Å². The maximum absolute atomic E-state index is 13.2. The second-order valence-corrected chi connectivity index (χ2v) is 7.79. The van der Waals surface area contributed by atoms with Crippen LogP contribution in [-0.4, -0.2) is 22.5 Å². The summed E-state index contributed by atoms with van der Waals surface area (Å²) in [6.07, 6.45) is 4.53. The zero-order valence-electron chi connectivity index (χ0n) is 12.9. The summed E-state index contributed by atoms with van der Waals surface area (Å²) in [5, 5.41) is 12.1. The molecule has 1 aliphatic carbocycles. The van der Waals surface area contributed by atoms with Crippen LogP contribution in [0.15, 0.2) is 50.6 Å². The Morgan fingerprint density at radius 3 is 2.71 bits per heavy atom. The van der Waals surface area contributed by atoms with Crippen molar-refractivity contribution in [2.75, 3.05) is 7.05 Å². The number of aliphatic hydroxyl groups is 1. The minimum atomic E-state index is -2.53. The predicted molar refractivity (Wildman–Crippen MR) is 87.5 cm³/mol. The second-order valence-electron chi connectivity index (χ2n) is 5.58. The summed E-state index contributed by atoms with van der Waals surface area (Å²) in [6.45, 7) is 2.00. The van der Waals surface area contributed by atoms with E-state index in [1.165, 1.54) is 0 Å². The summed E-state index contributed by atoms with van der Waals surface area (Å²) < 4.78 is 17.3. The van der Waals surface area contributed by atoms with E-state index in [9.17, 15) is 9.32 Å². The Hall–Kier alpha value is -1.13. The lowest BCUT2D eigenvalue weighted by molar-refractivity contribution is 0.107. The van der Waals surface area contributed by atoms with Crippen molar-refractivity contribution in [1.82, 2.24) is 0 Å². The fraction of sp³-hybridized carbons (Fsp3) is 0.529. The average Bonchev–Trinajstić information content (AvgIpc) is 2.55. The van der Waals surface area contributed by atoms with E-state index in [0.717, 1.165) is 42.6 Å². The van der Waals surface area contributed by atoms with E-state index in [-0.39, 0.29) is 12.0 Å². The molecule has 0 saturated heterocycles. The molecule has 1 N–H and O–H groups in total. The van der Waals surface area contributed by atoms with Crippen molar-refractivity contribution in [1.29, 1.82) is 0 Å². The van der Waals surface area contributed by atoms with Crippen molar-refractivity contribution in [3.8, 4) is 0 Å². The van der Waals surface area contributed by atoms with Crippen molar-refractivity contribution in [2.24, 2.45) is 10.3 Å². The summed E-state index contributed by atoms with van der Waals surface area (Å²) in [5.74, 6) is 0.134. The van der Waals surface area contributed by atoms with E-state index in [4.69, 9.17) is 0 Å². The molecule has 21 heavy (non-hydrogen) atoms. The number of benzene rings is 1. The first kappa shape index (κ1) is 16.2. The standard InChI is InChI=1S/C17H25NO2S/c1-3-17(19)16-12-8-7-9-14(16)13-21(20,18-2)15-10-5-4-6-11-15/h4-6,10-11,13,16-17,19H,3,7-9,12H2,1-2H3/b14-13-/t16-,17+,21-/m1/s1. The molecule has 1 aromatic rings. The van der Waals surface area contributed by atoms with Gasteiger partial charge in [-0.05, 0) is 37.8 Å². The van der Waals surface area contributed by atoms with Gasteiger partial charge < -0.3 is 5.11 Å². The van der Waals surface area contributed by atoms with Crippen LogP contribution < -0.4 is 0 Å². The molecule has 0 bridgehead atoms. The molecule has 1 saturated carbocycles. The van der Waals surface area contributed by atoms with Gasteiger partial charge in [0.25, 0.3) is 0 Å². The average molecular weight is 307 g/mol. The van der Waals surface area contributed by atoms with E-state index < -0.39 is 9.73 Å². The zero-order chi connectivity index (χ0) is 15.3. The normalized spacial score (nSPS) is 25.3. The van der Waals surface area contributed by atoms with Crippen LogP contribution in [0.5, 0.6) is 0 Å². The van der Waals surface area contributed by atoms with Crippen molar-refractivity contribution in [2.45, 2.75) is 50.0 Å². The topological polar surface area (TPSA) is 49.7 Å². The van der Waals surface area contributed by atoms with Crippen molar-refractivity contribution >= 4 is 9.73 Å². The molecule has 3 atom stereocenters. The lowest BCUT2D eigenvalue weighted by Crippen LogP contribution is -2.24. The maximum Gasteiger partial charge on any atom is 0.0966 e. The largest absolute Gasteiger partial charge is 0.393 e. The Morgan fingerprint density at radius 2 is 2.10 bits per heavy atom. The molecule has 116 valence electrons. The van der Waals surface area contributed by atoms with E-state index in [0.29, 0.717) is 0 Å². The van der Waals surface area contributed by atoms with Gasteiger partial charge in [-0.15, -0.1) is 0 Å². The molecule has 0 radical (unpaired) electrons. The molecule has 0 aromatic heterocycles. The monoisotopic (exact) mass is 307 g/mol. The predicted octanol–water partition coefficient (Wildman–Crippen LogP) is 3.99. The van der Waals surface area contributed by atoms with Crippen molar-refractivity contribution < 1.29 is 9.32 Å². The zero-order valence-corrected chi connectivity index (χ0v) is 13.7. The number of hydrogen-bond donors (Lipinski definition) is 1. The fourth-order valence-electron chi connectivity index (χ4n) is 2.98. The third kappa shape index (κ3) is 3.74. The van der Waals surface area contributed by atoms with E-state index in [1.807, 2.05) is 42.7 Å². The number of hydrogen-bond acceptors (Lipinski definition) is 3. The van der Waals surface area contributed by atoms with Gasteiger partial charge >= 0.3 is 0 Å². The van der Waals surface area contributed by atoms with Gasteiger partial charge in [0.2, 0.25) is 0 Å². The van der Waals surface area contributed by atoms with Gasteiger partial charge in [-0.1, -0.05) is 37.1 Å². The maximum atomic E-state index is 13.2. The molecule has 1 aromatic carbocycles. The van der Waals surface area contributed by atoms with Gasteiger partial charge in [0, 0.05) is 18.4 Å². The first-order valence-electron chi connectivity index (χ1n) is 7.69. The lowest BCUT2D eigenvalue weighted by Gasteiger charge is -2.29. The Morgan fingerprint density at radius 1 is 1.38 bits per heavy atom. The number of nitrogens with zero attached hydrogens (tertiary/aromatic N) is 1. The molecule has 0 amide bonds. The van der Waals surface area contributed by atoms with Gasteiger partial charge in [0.05, 0.1) is 20.7 Å². The Labute approximate surface area is 128 Å². The number of aliphatic hydroxyl groups excluding tert-OH is 1. The van der Waals surface area contributed by atoms with E-state index in [2.05, 4.69) is 4.36 Å². The summed E-state index contributed by atoms with van der Waals surface area (Å²) in [4.78, 5) is 0.746. The van der Waals surface area contributed by atoms with Gasteiger partial charge in [-0.25, -0.2) is 8.57 Å². The Bertz CT molecular complexity index is 600. The highest BCUT2D eigenvalue weighted by molar-refractivity contribution is 7.96. The summed E-state index contributed by atoms with van der Waals surface area (Å²) >= 11 is 0. The van der Waals surface area contributed by atoms with Crippen LogP contribution in [0.25, 0.3) is 0 Å². The molecule has 0 unspecified atom stereocenters. The van der Waals surface area contributed by atoms with Gasteiger partial charge in [0.15, 0.2) is 0 Å². The Kier molecular flexibility index (Phi) is 5.59. The minimum absolute atomic E-state index is 0.134. The van der Waals surface area contributed by atoms with Crippen LogP contribution in [0.3, 0.4) is 0 Å². The molecule has 1 fully saturated rings. The molecule has 3 nitrogen and oxygen atoms in total. The molecule has 0 aliphatic heterocycles. The highest BCUT2D eigenvalue weighted by Crippen LogP contribution is 2.34. The molecule has 4 heteroatoms. The van der Waals surface area contributed by atoms with Crippen LogP contribution in [-0.2, 0) is 9.73 Å². The highest BCUT2D eigenvalue weighted by atomic mass is 32.2. The van der Waals surface area contributed by atoms with Crippen LogP contribution in [0.2, 0.25) is 0 Å². The van der Waals surface area contributed by atoms with Crippen molar-refractivity contribution in [3.63, 3.8) is 0 Å². The van der Waals surface area contributed by atoms with E-state index in [1.54, 1.807) is 7.05 Å². The molecule has 1 aliphatic rings. The van der Waals surface area contributed by atoms with Crippen LogP contribution in [0, 0.1) is 5.92 Å². The second kappa shape index (κ2) is 7.23. The molecule has 0 heterocycles. The lowest BCUT2D eigenvalue weighted by atomic mass is 9.81. The third-order valence-corrected chi connectivity index (χ3v) is 6.37. The van der Waals surface area contributed by atoms with Gasteiger partial charge in [0.1, 0.15) is 0 Å². The summed E-state index contributed by atoms with van der Waals surface area (Å²) in [6, 6.07) is 9.41. The quantitative estimate of drug-likeness (QED) is 0.914. The van der Waals surface area contributed by atoms with Gasteiger partial charge in [-0.3, -0.25) is 0 Å². The fourth-order valence-corrected chi connectivity index (χ4v) is 4.68. The first-order valence-corrected chi connectivity index (χ1v) is 9.27. The summed E-state index contributed by atoms with van der Waals surface area (Å²) in [5.41, 5.74) is 1.12. The molecule has 0 spiro atoms. The molecular formula is C17H25NO2S. The number of rotatable bonds is 4. The van der Waals surface area contributed by atoms with Gasteiger partial charge in [-0.2, -0.15) is 0 Å². The Balaban J connectivity index is 2.41. The highest BCUT2D eigenvalue weighted by Gasteiger charge is 2.26. The first-order chi connectivity index (χ1) is 10.1. The smallest absolute Gasteiger partial charge is 0.0966 e. The third-order valence-electron chi connectivity index (χ3n) is 4.25. The van der Waals surface area contributed by atoms with Crippen LogP contribution >= 0.6 is 0 Å². The molecular weight excluding hydrogens is 282 g/mol. The van der Waals surface area contributed by atoms with E-state index >= 15 is 0 Å². The minimum Gasteiger partial charge on any atom is -0.393 e. The molecule has 2 rings (SSSR count).